The third kappa shape index (κ3) is 5.18. The van der Waals surface area contributed by atoms with Gasteiger partial charge in [-0.05, 0) is 37.6 Å². The van der Waals surface area contributed by atoms with E-state index in [9.17, 15) is 0 Å². The summed E-state index contributed by atoms with van der Waals surface area (Å²) >= 11 is 0. The second-order valence-corrected chi connectivity index (χ2v) is 7.29. The van der Waals surface area contributed by atoms with Gasteiger partial charge in [0.1, 0.15) is 17.3 Å². The van der Waals surface area contributed by atoms with Crippen molar-refractivity contribution in [3.05, 3.63) is 48.0 Å². The van der Waals surface area contributed by atoms with E-state index in [4.69, 9.17) is 14.5 Å². The minimum Gasteiger partial charge on any atom is -0.497 e. The summed E-state index contributed by atoms with van der Waals surface area (Å²) < 4.78 is 11.3. The van der Waals surface area contributed by atoms with Gasteiger partial charge >= 0.3 is 0 Å². The number of ether oxygens (including phenoxy) is 2. The first-order valence-electron chi connectivity index (χ1n) is 9.45. The highest BCUT2D eigenvalue weighted by molar-refractivity contribution is 5.32. The lowest BCUT2D eigenvalue weighted by atomic mass is 9.99. The zero-order chi connectivity index (χ0) is 18.4. The Hall–Kier alpha value is -2.14. The third-order valence-electron chi connectivity index (χ3n) is 4.76. The van der Waals surface area contributed by atoms with E-state index in [1.54, 1.807) is 7.11 Å². The van der Waals surface area contributed by atoms with E-state index in [1.165, 1.54) is 12.8 Å². The van der Waals surface area contributed by atoms with Crippen molar-refractivity contribution in [2.75, 3.05) is 26.8 Å². The third-order valence-corrected chi connectivity index (χ3v) is 4.76. The number of hydrogen-bond donors (Lipinski definition) is 0. The molecule has 2 aromatic rings. The maximum atomic E-state index is 6.00. The summed E-state index contributed by atoms with van der Waals surface area (Å²) in [4.78, 5) is 11.6. The minimum atomic E-state index is 0.361. The molecule has 140 valence electrons. The summed E-state index contributed by atoms with van der Waals surface area (Å²) in [7, 11) is 1.68. The molecule has 1 fully saturated rings. The predicted molar refractivity (Wildman–Crippen MR) is 103 cm³/mol. The zero-order valence-electron chi connectivity index (χ0n) is 16.0. The molecule has 1 aromatic heterocycles. The first-order chi connectivity index (χ1) is 12.6. The standard InChI is InChI=1S/C21H29N3O2/c1-16(2)21-22-10-9-18(23-21)14-24-11-5-6-17(13-24)15-26-20-8-4-7-19(12-20)25-3/h4,7-10,12,16-17H,5-6,11,13-15H2,1-3H3/t17-/m1/s1. The van der Waals surface area contributed by atoms with E-state index in [1.807, 2.05) is 36.5 Å². The molecule has 26 heavy (non-hydrogen) atoms. The second kappa shape index (κ2) is 8.99. The van der Waals surface area contributed by atoms with Crippen LogP contribution in [-0.4, -0.2) is 41.7 Å². The molecule has 0 amide bonds. The minimum absolute atomic E-state index is 0.361. The van der Waals surface area contributed by atoms with Crippen LogP contribution in [-0.2, 0) is 6.54 Å². The Morgan fingerprint density at radius 1 is 1.23 bits per heavy atom. The van der Waals surface area contributed by atoms with Gasteiger partial charge in [0, 0.05) is 37.2 Å². The van der Waals surface area contributed by atoms with E-state index in [0.29, 0.717) is 11.8 Å². The van der Waals surface area contributed by atoms with Crippen molar-refractivity contribution in [3.8, 4) is 11.5 Å². The van der Waals surface area contributed by atoms with Crippen LogP contribution in [0.4, 0.5) is 0 Å². The number of benzene rings is 1. The van der Waals surface area contributed by atoms with E-state index >= 15 is 0 Å². The molecule has 1 aliphatic heterocycles. The van der Waals surface area contributed by atoms with Gasteiger partial charge in [-0.3, -0.25) is 4.90 Å². The average molecular weight is 355 g/mol. The fraction of sp³-hybridized carbons (Fsp3) is 0.524. The molecule has 5 heteroatoms. The van der Waals surface area contributed by atoms with Crippen LogP contribution in [0.3, 0.4) is 0 Å². The molecule has 2 heterocycles. The van der Waals surface area contributed by atoms with Crippen LogP contribution in [0, 0.1) is 5.92 Å². The van der Waals surface area contributed by atoms with Crippen LogP contribution in [0.15, 0.2) is 36.5 Å². The van der Waals surface area contributed by atoms with Crippen molar-refractivity contribution in [3.63, 3.8) is 0 Å². The van der Waals surface area contributed by atoms with Gasteiger partial charge in [-0.1, -0.05) is 19.9 Å². The van der Waals surface area contributed by atoms with Crippen molar-refractivity contribution in [1.82, 2.24) is 14.9 Å². The van der Waals surface area contributed by atoms with Crippen LogP contribution in [0.5, 0.6) is 11.5 Å². The maximum absolute atomic E-state index is 6.00. The lowest BCUT2D eigenvalue weighted by molar-refractivity contribution is 0.124. The van der Waals surface area contributed by atoms with Gasteiger partial charge in [0.25, 0.3) is 0 Å². The first-order valence-corrected chi connectivity index (χ1v) is 9.45. The molecule has 0 spiro atoms. The summed E-state index contributed by atoms with van der Waals surface area (Å²) in [6, 6.07) is 9.85. The van der Waals surface area contributed by atoms with Crippen LogP contribution in [0.2, 0.25) is 0 Å². The predicted octanol–water partition coefficient (Wildman–Crippen LogP) is 3.90. The number of aromatic nitrogens is 2. The van der Waals surface area contributed by atoms with Crippen LogP contribution >= 0.6 is 0 Å². The van der Waals surface area contributed by atoms with Crippen molar-refractivity contribution in [1.29, 1.82) is 0 Å². The first kappa shape index (κ1) is 18.6. The highest BCUT2D eigenvalue weighted by atomic mass is 16.5. The molecular formula is C21H29N3O2. The monoisotopic (exact) mass is 355 g/mol. The lowest BCUT2D eigenvalue weighted by Crippen LogP contribution is -2.37. The van der Waals surface area contributed by atoms with Gasteiger partial charge in [0.15, 0.2) is 0 Å². The fourth-order valence-electron chi connectivity index (χ4n) is 3.34. The van der Waals surface area contributed by atoms with Gasteiger partial charge in [0.05, 0.1) is 19.4 Å². The number of nitrogens with zero attached hydrogens (tertiary/aromatic N) is 3. The normalized spacial score (nSPS) is 18.1. The lowest BCUT2D eigenvalue weighted by Gasteiger charge is -2.32. The molecule has 1 aromatic carbocycles. The van der Waals surface area contributed by atoms with Crippen LogP contribution in [0.1, 0.15) is 44.1 Å². The maximum Gasteiger partial charge on any atom is 0.131 e. The smallest absolute Gasteiger partial charge is 0.131 e. The second-order valence-electron chi connectivity index (χ2n) is 7.29. The molecular weight excluding hydrogens is 326 g/mol. The molecule has 1 atom stereocenters. The number of hydrogen-bond acceptors (Lipinski definition) is 5. The Labute approximate surface area is 156 Å². The Morgan fingerprint density at radius 2 is 2.08 bits per heavy atom. The molecule has 1 aliphatic rings. The Balaban J connectivity index is 1.53. The molecule has 0 saturated carbocycles. The average Bonchev–Trinajstić information content (AvgIpc) is 2.67. The zero-order valence-corrected chi connectivity index (χ0v) is 16.0. The Morgan fingerprint density at radius 3 is 2.88 bits per heavy atom. The van der Waals surface area contributed by atoms with Crippen molar-refractivity contribution in [2.45, 2.75) is 39.2 Å². The summed E-state index contributed by atoms with van der Waals surface area (Å²) in [6.45, 7) is 8.06. The summed E-state index contributed by atoms with van der Waals surface area (Å²) in [6.07, 6.45) is 4.29. The van der Waals surface area contributed by atoms with Gasteiger partial charge in [-0.2, -0.15) is 0 Å². The topological polar surface area (TPSA) is 47.5 Å². The highest BCUT2D eigenvalue weighted by Gasteiger charge is 2.21. The Kier molecular flexibility index (Phi) is 6.45. The van der Waals surface area contributed by atoms with E-state index in [0.717, 1.165) is 49.3 Å². The van der Waals surface area contributed by atoms with E-state index < -0.39 is 0 Å². The number of rotatable bonds is 7. The van der Waals surface area contributed by atoms with Crippen molar-refractivity contribution in [2.24, 2.45) is 5.92 Å². The molecule has 3 rings (SSSR count). The van der Waals surface area contributed by atoms with E-state index in [-0.39, 0.29) is 0 Å². The molecule has 1 saturated heterocycles. The summed E-state index contributed by atoms with van der Waals surface area (Å²) in [5.74, 6) is 3.54. The number of methoxy groups -OCH3 is 1. The Bertz CT molecular complexity index is 705. The van der Waals surface area contributed by atoms with E-state index in [2.05, 4.69) is 23.7 Å². The van der Waals surface area contributed by atoms with Crippen LogP contribution in [0.25, 0.3) is 0 Å². The van der Waals surface area contributed by atoms with Gasteiger partial charge in [-0.25, -0.2) is 9.97 Å². The quantitative estimate of drug-likeness (QED) is 0.754. The molecule has 5 nitrogen and oxygen atoms in total. The summed E-state index contributed by atoms with van der Waals surface area (Å²) in [5.41, 5.74) is 1.11. The molecule has 0 N–H and O–H groups in total. The van der Waals surface area contributed by atoms with Gasteiger partial charge in [0.2, 0.25) is 0 Å². The fourth-order valence-corrected chi connectivity index (χ4v) is 3.34. The molecule has 0 bridgehead atoms. The molecule has 0 radical (unpaired) electrons. The summed E-state index contributed by atoms with van der Waals surface area (Å²) in [5, 5.41) is 0. The van der Waals surface area contributed by atoms with Gasteiger partial charge in [-0.15, -0.1) is 0 Å². The SMILES string of the molecule is COc1cccc(OC[C@@H]2CCCN(Cc3ccnc(C(C)C)n3)C2)c1. The molecule has 0 aliphatic carbocycles. The largest absolute Gasteiger partial charge is 0.497 e. The van der Waals surface area contributed by atoms with Gasteiger partial charge < -0.3 is 9.47 Å². The van der Waals surface area contributed by atoms with Crippen molar-refractivity contribution >= 4 is 0 Å². The van der Waals surface area contributed by atoms with Crippen molar-refractivity contribution < 1.29 is 9.47 Å². The highest BCUT2D eigenvalue weighted by Crippen LogP contribution is 2.23. The van der Waals surface area contributed by atoms with Crippen LogP contribution < -0.4 is 9.47 Å². The molecule has 0 unspecified atom stereocenters. The number of likely N-dealkylation sites (tertiary alicyclic amines) is 1. The number of piperidine rings is 1.